The van der Waals surface area contributed by atoms with Crippen molar-refractivity contribution in [2.75, 3.05) is 19.8 Å². The molecule has 0 radical (unpaired) electrons. The van der Waals surface area contributed by atoms with E-state index in [1.54, 1.807) is 20.8 Å². The van der Waals surface area contributed by atoms with E-state index < -0.39 is 23.3 Å². The summed E-state index contributed by atoms with van der Waals surface area (Å²) in [4.78, 5) is 11.7. The van der Waals surface area contributed by atoms with E-state index in [-0.39, 0.29) is 6.61 Å². The highest BCUT2D eigenvalue weighted by Gasteiger charge is 2.42. The quantitative estimate of drug-likeness (QED) is 0.651. The molecule has 1 aliphatic rings. The molecule has 4 N–H and O–H groups in total. The second kappa shape index (κ2) is 5.20. The zero-order valence-electron chi connectivity index (χ0n) is 10.7. The number of alkyl carbamates (subject to hydrolysis) is 1. The molecule has 6 heteroatoms. The molecule has 1 amide bonds. The fourth-order valence-electron chi connectivity index (χ4n) is 1.75. The lowest BCUT2D eigenvalue weighted by atomic mass is 9.90. The zero-order valence-corrected chi connectivity index (χ0v) is 10.7. The van der Waals surface area contributed by atoms with Crippen LogP contribution in [0, 0.1) is 0 Å². The average Bonchev–Trinajstić information content (AvgIpc) is 2.63. The number of aliphatic hydroxyl groups excluding tert-OH is 1. The molecule has 6 nitrogen and oxygen atoms in total. The standard InChI is InChI=1S/C11H22N2O4/c1-10(2,3)17-9(15)13-11(8(12)6-14)4-5-16-7-11/h8,14H,4-7,12H2,1-3H3,(H,13,15). The van der Waals surface area contributed by atoms with Crippen molar-refractivity contribution >= 4 is 6.09 Å². The van der Waals surface area contributed by atoms with E-state index in [2.05, 4.69) is 5.32 Å². The third-order valence-electron chi connectivity index (χ3n) is 2.71. The molecule has 1 rings (SSSR count). The first-order valence-electron chi connectivity index (χ1n) is 5.74. The van der Waals surface area contributed by atoms with Crippen LogP contribution in [0.25, 0.3) is 0 Å². The fourth-order valence-corrected chi connectivity index (χ4v) is 1.75. The number of hydrogen-bond acceptors (Lipinski definition) is 5. The molecule has 100 valence electrons. The summed E-state index contributed by atoms with van der Waals surface area (Å²) in [6.07, 6.45) is 0.0421. The summed E-state index contributed by atoms with van der Waals surface area (Å²) in [5.41, 5.74) is 4.54. The molecule has 0 aromatic carbocycles. The van der Waals surface area contributed by atoms with Gasteiger partial charge in [0.1, 0.15) is 5.60 Å². The van der Waals surface area contributed by atoms with Gasteiger partial charge in [-0.1, -0.05) is 0 Å². The number of aliphatic hydroxyl groups is 1. The first-order valence-corrected chi connectivity index (χ1v) is 5.74. The summed E-state index contributed by atoms with van der Waals surface area (Å²) in [5, 5.41) is 11.9. The van der Waals surface area contributed by atoms with E-state index in [1.165, 1.54) is 0 Å². The molecule has 1 fully saturated rings. The number of carbonyl (C=O) groups is 1. The van der Waals surface area contributed by atoms with E-state index in [1.807, 2.05) is 0 Å². The van der Waals surface area contributed by atoms with Crippen LogP contribution in [0.3, 0.4) is 0 Å². The maximum atomic E-state index is 11.7. The normalized spacial score (nSPS) is 26.6. The molecule has 1 saturated heterocycles. The SMILES string of the molecule is CC(C)(C)OC(=O)NC1(C(N)CO)CCOC1. The van der Waals surface area contributed by atoms with Crippen molar-refractivity contribution in [2.24, 2.45) is 5.73 Å². The Kier molecular flexibility index (Phi) is 4.35. The zero-order chi connectivity index (χ0) is 13.1. The minimum absolute atomic E-state index is 0.209. The second-order valence-electron chi connectivity index (χ2n) is 5.37. The van der Waals surface area contributed by atoms with Crippen molar-refractivity contribution < 1.29 is 19.4 Å². The second-order valence-corrected chi connectivity index (χ2v) is 5.37. The lowest BCUT2D eigenvalue weighted by Crippen LogP contribution is -2.62. The topological polar surface area (TPSA) is 93.8 Å². The van der Waals surface area contributed by atoms with Gasteiger partial charge in [0, 0.05) is 6.61 Å². The van der Waals surface area contributed by atoms with Crippen molar-refractivity contribution in [1.82, 2.24) is 5.32 Å². The summed E-state index contributed by atoms with van der Waals surface area (Å²) in [6.45, 7) is 5.97. The molecule has 2 unspecified atom stereocenters. The number of rotatable bonds is 3. The van der Waals surface area contributed by atoms with Crippen LogP contribution in [0.1, 0.15) is 27.2 Å². The first-order chi connectivity index (χ1) is 7.79. The lowest BCUT2D eigenvalue weighted by Gasteiger charge is -2.34. The molecule has 1 heterocycles. The van der Waals surface area contributed by atoms with Crippen LogP contribution in [0.2, 0.25) is 0 Å². The van der Waals surface area contributed by atoms with Crippen molar-refractivity contribution in [2.45, 2.75) is 44.4 Å². The molecule has 1 aliphatic heterocycles. The van der Waals surface area contributed by atoms with Gasteiger partial charge in [0.2, 0.25) is 0 Å². The van der Waals surface area contributed by atoms with Gasteiger partial charge < -0.3 is 25.6 Å². The van der Waals surface area contributed by atoms with E-state index in [9.17, 15) is 4.79 Å². The molecule has 0 aliphatic carbocycles. The van der Waals surface area contributed by atoms with Crippen LogP contribution >= 0.6 is 0 Å². The largest absolute Gasteiger partial charge is 0.444 e. The monoisotopic (exact) mass is 246 g/mol. The van der Waals surface area contributed by atoms with Crippen LogP contribution in [-0.2, 0) is 9.47 Å². The number of ether oxygens (including phenoxy) is 2. The highest BCUT2D eigenvalue weighted by atomic mass is 16.6. The third-order valence-corrected chi connectivity index (χ3v) is 2.71. The van der Waals surface area contributed by atoms with E-state index >= 15 is 0 Å². The summed E-state index contributed by atoms with van der Waals surface area (Å²) in [5.74, 6) is 0. The van der Waals surface area contributed by atoms with Gasteiger partial charge >= 0.3 is 6.09 Å². The Hall–Kier alpha value is -0.850. The molecular weight excluding hydrogens is 224 g/mol. The predicted octanol–water partition coefficient (Wildman–Crippen LogP) is -0.0102. The third kappa shape index (κ3) is 3.83. The molecule has 0 saturated carbocycles. The maximum absolute atomic E-state index is 11.7. The molecule has 0 bridgehead atoms. The van der Waals surface area contributed by atoms with Crippen molar-refractivity contribution in [1.29, 1.82) is 0 Å². The van der Waals surface area contributed by atoms with Crippen LogP contribution < -0.4 is 11.1 Å². The highest BCUT2D eigenvalue weighted by molar-refractivity contribution is 5.69. The van der Waals surface area contributed by atoms with Gasteiger partial charge in [-0.2, -0.15) is 0 Å². The Balaban J connectivity index is 2.65. The van der Waals surface area contributed by atoms with E-state index in [0.717, 1.165) is 0 Å². The Morgan fingerprint density at radius 1 is 1.65 bits per heavy atom. The van der Waals surface area contributed by atoms with Crippen LogP contribution in [0.15, 0.2) is 0 Å². The van der Waals surface area contributed by atoms with Crippen molar-refractivity contribution in [3.8, 4) is 0 Å². The smallest absolute Gasteiger partial charge is 0.408 e. The Morgan fingerprint density at radius 2 is 2.29 bits per heavy atom. The minimum Gasteiger partial charge on any atom is -0.444 e. The van der Waals surface area contributed by atoms with Crippen LogP contribution in [-0.4, -0.2) is 48.2 Å². The number of carbonyl (C=O) groups excluding carboxylic acids is 1. The van der Waals surface area contributed by atoms with Gasteiger partial charge in [-0.05, 0) is 27.2 Å². The van der Waals surface area contributed by atoms with Gasteiger partial charge in [-0.25, -0.2) is 4.79 Å². The molecule has 17 heavy (non-hydrogen) atoms. The molecule has 0 aromatic heterocycles. The number of nitrogens with two attached hydrogens (primary N) is 1. The van der Waals surface area contributed by atoms with E-state index in [0.29, 0.717) is 19.6 Å². The van der Waals surface area contributed by atoms with Gasteiger partial charge in [0.05, 0.1) is 24.8 Å². The van der Waals surface area contributed by atoms with Gasteiger partial charge in [-0.3, -0.25) is 0 Å². The lowest BCUT2D eigenvalue weighted by molar-refractivity contribution is 0.0395. The van der Waals surface area contributed by atoms with Gasteiger partial charge in [-0.15, -0.1) is 0 Å². The van der Waals surface area contributed by atoms with Crippen LogP contribution in [0.4, 0.5) is 4.79 Å². The summed E-state index contributed by atoms with van der Waals surface area (Å²) >= 11 is 0. The minimum atomic E-state index is -0.725. The molecule has 0 aromatic rings. The maximum Gasteiger partial charge on any atom is 0.408 e. The first kappa shape index (κ1) is 14.2. The fraction of sp³-hybridized carbons (Fsp3) is 0.909. The summed E-state index contributed by atoms with van der Waals surface area (Å²) < 4.78 is 10.4. The molecular formula is C11H22N2O4. The molecule has 0 spiro atoms. The summed E-state index contributed by atoms with van der Waals surface area (Å²) in [6, 6.07) is -0.558. The Morgan fingerprint density at radius 3 is 2.71 bits per heavy atom. The Labute approximate surface area is 101 Å². The summed E-state index contributed by atoms with van der Waals surface area (Å²) in [7, 11) is 0. The number of amides is 1. The highest BCUT2D eigenvalue weighted by Crippen LogP contribution is 2.22. The van der Waals surface area contributed by atoms with Gasteiger partial charge in [0.15, 0.2) is 0 Å². The predicted molar refractivity (Wildman–Crippen MR) is 62.6 cm³/mol. The van der Waals surface area contributed by atoms with Gasteiger partial charge in [0.25, 0.3) is 0 Å². The average molecular weight is 246 g/mol. The van der Waals surface area contributed by atoms with Crippen LogP contribution in [0.5, 0.6) is 0 Å². The van der Waals surface area contributed by atoms with Crippen molar-refractivity contribution in [3.63, 3.8) is 0 Å². The Bertz CT molecular complexity index is 269. The van der Waals surface area contributed by atoms with Crippen molar-refractivity contribution in [3.05, 3.63) is 0 Å². The molecule has 2 atom stereocenters. The number of hydrogen-bond donors (Lipinski definition) is 3. The number of nitrogens with one attached hydrogen (secondary N) is 1. The van der Waals surface area contributed by atoms with E-state index in [4.69, 9.17) is 20.3 Å².